The molecule has 0 aliphatic rings. The molecule has 0 heterocycles. The molecule has 4 heteroatoms. The number of unbranched alkanes of at least 4 members (excludes halogenated alkanes) is 3. The summed E-state index contributed by atoms with van der Waals surface area (Å²) in [7, 11) is 0. The predicted molar refractivity (Wildman–Crippen MR) is 301 cm³/mol. The number of ether oxygens (including phenoxy) is 2. The van der Waals surface area contributed by atoms with Crippen LogP contribution in [0.3, 0.4) is 0 Å². The molecule has 10 aromatic carbocycles. The van der Waals surface area contributed by atoms with E-state index < -0.39 is 0 Å². The first-order chi connectivity index (χ1) is 34.5. The number of halogens is 2. The number of hydrogen-bond donors (Lipinski definition) is 0. The fraction of sp³-hybridized carbons (Fsp3) is 0.0909. The average molecular weight is 1040 g/mol. The smallest absolute Gasteiger partial charge is 0.119 e. The van der Waals surface area contributed by atoms with Crippen molar-refractivity contribution in [1.29, 1.82) is 0 Å². The van der Waals surface area contributed by atoms with Crippen LogP contribution in [0.4, 0.5) is 0 Å². The molecular formula is C66H52Br2O2. The molecule has 342 valence electrons. The summed E-state index contributed by atoms with van der Waals surface area (Å²) in [5.74, 6) is 1.77. The third-order valence-electron chi connectivity index (χ3n) is 12.8. The zero-order chi connectivity index (χ0) is 47.5. The van der Waals surface area contributed by atoms with Gasteiger partial charge in [-0.1, -0.05) is 202 Å². The van der Waals surface area contributed by atoms with Gasteiger partial charge in [0.2, 0.25) is 0 Å². The monoisotopic (exact) mass is 1030 g/mol. The zero-order valence-electron chi connectivity index (χ0n) is 38.9. The SMILES string of the molecule is Brc1ccc(-c2cc(-c3ccccc3)c(-c3ccc(OCCCCCCOc4ccc(-c5c(-c6ccccc6)cc(-c6ccc(Br)cc6)cc5-c5ccccc5)cc4)cc3)c(-c3ccccc3)c2)cc1. The second-order valence-corrected chi connectivity index (χ2v) is 19.4. The van der Waals surface area contributed by atoms with Gasteiger partial charge in [-0.15, -0.1) is 0 Å². The molecule has 70 heavy (non-hydrogen) atoms. The van der Waals surface area contributed by atoms with Crippen LogP contribution in [0.15, 0.2) is 252 Å². The molecule has 0 saturated heterocycles. The second-order valence-electron chi connectivity index (χ2n) is 17.5. The summed E-state index contributed by atoms with van der Waals surface area (Å²) in [4.78, 5) is 0. The van der Waals surface area contributed by atoms with Crippen LogP contribution in [0.1, 0.15) is 25.7 Å². The third kappa shape index (κ3) is 11.1. The summed E-state index contributed by atoms with van der Waals surface area (Å²) in [5.41, 5.74) is 19.0. The quantitative estimate of drug-likeness (QED) is 0.0846. The van der Waals surface area contributed by atoms with E-state index in [2.05, 4.69) is 275 Å². The lowest BCUT2D eigenvalue weighted by Crippen LogP contribution is -2.00. The van der Waals surface area contributed by atoms with E-state index in [-0.39, 0.29) is 0 Å². The summed E-state index contributed by atoms with van der Waals surface area (Å²) in [6.45, 7) is 1.35. The van der Waals surface area contributed by atoms with Crippen LogP contribution in [0.5, 0.6) is 11.5 Å². The molecule has 10 aromatic rings. The largest absolute Gasteiger partial charge is 0.494 e. The van der Waals surface area contributed by atoms with E-state index in [4.69, 9.17) is 9.47 Å². The first kappa shape index (κ1) is 46.5. The molecule has 0 atom stereocenters. The Kier molecular flexibility index (Phi) is 14.9. The van der Waals surface area contributed by atoms with Crippen molar-refractivity contribution in [1.82, 2.24) is 0 Å². The molecule has 0 radical (unpaired) electrons. The summed E-state index contributed by atoms with van der Waals surface area (Å²) in [6, 6.07) is 86.6. The van der Waals surface area contributed by atoms with E-state index in [1.54, 1.807) is 0 Å². The molecule has 0 amide bonds. The highest BCUT2D eigenvalue weighted by atomic mass is 79.9. The molecular weight excluding hydrogens is 985 g/mol. The summed E-state index contributed by atoms with van der Waals surface area (Å²) < 4.78 is 14.7. The van der Waals surface area contributed by atoms with Gasteiger partial charge in [0.1, 0.15) is 11.5 Å². The second kappa shape index (κ2) is 22.5. The molecule has 0 aliphatic heterocycles. The van der Waals surface area contributed by atoms with E-state index in [1.807, 2.05) is 0 Å². The molecule has 0 fully saturated rings. The highest BCUT2D eigenvalue weighted by Gasteiger charge is 2.19. The minimum absolute atomic E-state index is 0.675. The van der Waals surface area contributed by atoms with Crippen LogP contribution >= 0.6 is 31.9 Å². The van der Waals surface area contributed by atoms with E-state index >= 15 is 0 Å². The van der Waals surface area contributed by atoms with Crippen molar-refractivity contribution in [2.75, 3.05) is 13.2 Å². The van der Waals surface area contributed by atoms with Gasteiger partial charge in [0.15, 0.2) is 0 Å². The average Bonchev–Trinajstić information content (AvgIpc) is 3.42. The summed E-state index contributed by atoms with van der Waals surface area (Å²) in [5, 5.41) is 0. The number of benzene rings is 10. The normalized spacial score (nSPS) is 11.1. The topological polar surface area (TPSA) is 18.5 Å². The van der Waals surface area contributed by atoms with Crippen molar-refractivity contribution in [3.63, 3.8) is 0 Å². The molecule has 0 aliphatic carbocycles. The van der Waals surface area contributed by atoms with Crippen molar-refractivity contribution in [2.45, 2.75) is 25.7 Å². The number of rotatable bonds is 17. The van der Waals surface area contributed by atoms with E-state index in [9.17, 15) is 0 Å². The molecule has 0 unspecified atom stereocenters. The minimum Gasteiger partial charge on any atom is -0.494 e. The maximum Gasteiger partial charge on any atom is 0.119 e. The Bertz CT molecular complexity index is 2920. The summed E-state index contributed by atoms with van der Waals surface area (Å²) in [6.07, 6.45) is 4.12. The molecule has 0 spiro atoms. The van der Waals surface area contributed by atoms with Crippen molar-refractivity contribution in [2.24, 2.45) is 0 Å². The maximum atomic E-state index is 6.31. The van der Waals surface area contributed by atoms with Gasteiger partial charge in [0.05, 0.1) is 13.2 Å². The molecule has 10 rings (SSSR count). The summed E-state index contributed by atoms with van der Waals surface area (Å²) >= 11 is 7.24. The van der Waals surface area contributed by atoms with Crippen LogP contribution in [-0.4, -0.2) is 13.2 Å². The van der Waals surface area contributed by atoms with E-state index in [0.717, 1.165) is 57.3 Å². The fourth-order valence-corrected chi connectivity index (χ4v) is 9.81. The van der Waals surface area contributed by atoms with Crippen molar-refractivity contribution >= 4 is 31.9 Å². The maximum absolute atomic E-state index is 6.31. The predicted octanol–water partition coefficient (Wildman–Crippen LogP) is 19.6. The van der Waals surface area contributed by atoms with Gasteiger partial charge in [-0.05, 0) is 187 Å². The third-order valence-corrected chi connectivity index (χ3v) is 13.9. The zero-order valence-corrected chi connectivity index (χ0v) is 42.1. The van der Waals surface area contributed by atoms with Gasteiger partial charge < -0.3 is 9.47 Å². The molecule has 2 nitrogen and oxygen atoms in total. The van der Waals surface area contributed by atoms with Gasteiger partial charge >= 0.3 is 0 Å². The van der Waals surface area contributed by atoms with Crippen LogP contribution in [0, 0.1) is 0 Å². The standard InChI is InChI=1S/C66H52Br2O2/c67-57-33-25-47(26-34-57)55-43-61(49-17-7-3-8-18-49)65(62(44-55)50-19-9-4-10-20-50)53-29-37-59(38-30-53)69-41-15-1-2-16-42-70-60-39-31-54(32-40-60)66-63(51-21-11-5-12-22-51)45-56(48-27-35-58(68)36-28-48)46-64(66)52-23-13-6-14-24-52/h3-14,17-40,43-46H,1-2,15-16,41-42H2. The Hall–Kier alpha value is -7.24. The highest BCUT2D eigenvalue weighted by Crippen LogP contribution is 2.46. The Balaban J connectivity index is 0.778. The van der Waals surface area contributed by atoms with Crippen LogP contribution in [0.25, 0.3) is 89.0 Å². The van der Waals surface area contributed by atoms with Crippen molar-refractivity contribution in [3.8, 4) is 101 Å². The number of hydrogen-bond acceptors (Lipinski definition) is 2. The lowest BCUT2D eigenvalue weighted by molar-refractivity contribution is 0.287. The molecule has 0 aromatic heterocycles. The highest BCUT2D eigenvalue weighted by molar-refractivity contribution is 9.10. The van der Waals surface area contributed by atoms with Gasteiger partial charge in [-0.3, -0.25) is 0 Å². The van der Waals surface area contributed by atoms with Gasteiger partial charge in [0, 0.05) is 8.95 Å². The molecule has 0 bridgehead atoms. The molecule has 0 saturated carbocycles. The minimum atomic E-state index is 0.675. The Morgan fingerprint density at radius 1 is 0.243 bits per heavy atom. The van der Waals surface area contributed by atoms with Gasteiger partial charge in [-0.25, -0.2) is 0 Å². The first-order valence-corrected chi connectivity index (χ1v) is 25.7. The lowest BCUT2D eigenvalue weighted by Gasteiger charge is -2.19. The Morgan fingerprint density at radius 2 is 0.514 bits per heavy atom. The van der Waals surface area contributed by atoms with E-state index in [0.29, 0.717) is 13.2 Å². The van der Waals surface area contributed by atoms with Crippen molar-refractivity contribution < 1.29 is 9.47 Å². The van der Waals surface area contributed by atoms with Crippen molar-refractivity contribution in [3.05, 3.63) is 252 Å². The Morgan fingerprint density at radius 3 is 0.800 bits per heavy atom. The van der Waals surface area contributed by atoms with Gasteiger partial charge in [-0.2, -0.15) is 0 Å². The van der Waals surface area contributed by atoms with Crippen LogP contribution < -0.4 is 9.47 Å². The fourth-order valence-electron chi connectivity index (χ4n) is 9.28. The first-order valence-electron chi connectivity index (χ1n) is 24.1. The molecule has 0 N–H and O–H groups in total. The van der Waals surface area contributed by atoms with E-state index in [1.165, 1.54) is 77.9 Å². The Labute approximate surface area is 429 Å². The van der Waals surface area contributed by atoms with Crippen LogP contribution in [-0.2, 0) is 0 Å². The lowest BCUT2D eigenvalue weighted by atomic mass is 9.85. The van der Waals surface area contributed by atoms with Gasteiger partial charge in [0.25, 0.3) is 0 Å². The van der Waals surface area contributed by atoms with Crippen LogP contribution in [0.2, 0.25) is 0 Å².